The molecule has 1 aromatic heterocycles. The second kappa shape index (κ2) is 4.65. The first-order valence-electron chi connectivity index (χ1n) is 6.32. The zero-order valence-corrected chi connectivity index (χ0v) is 11.7. The van der Waals surface area contributed by atoms with Gasteiger partial charge in [-0.25, -0.2) is 4.39 Å². The Labute approximate surface area is 113 Å². The van der Waals surface area contributed by atoms with Crippen LogP contribution >= 0.6 is 0 Å². The summed E-state index contributed by atoms with van der Waals surface area (Å²) in [6.07, 6.45) is 1.77. The second-order valence-corrected chi connectivity index (χ2v) is 5.86. The number of hydrogen-bond acceptors (Lipinski definition) is 2. The summed E-state index contributed by atoms with van der Waals surface area (Å²) in [5.41, 5.74) is -0.173. The van der Waals surface area contributed by atoms with Gasteiger partial charge >= 0.3 is 7.48 Å². The fraction of sp³-hybridized carbons (Fsp3) is 0.429. The van der Waals surface area contributed by atoms with Crippen molar-refractivity contribution in [1.29, 1.82) is 0 Å². The molecule has 2 rings (SSSR count). The number of aromatic nitrogens is 1. The molecule has 0 saturated heterocycles. The molecular formula is C14H19BFNO2. The minimum absolute atomic E-state index is 0.253. The molecule has 0 spiro atoms. The number of benzene rings is 1. The number of rotatable bonds is 4. The highest BCUT2D eigenvalue weighted by Gasteiger charge is 2.35. The van der Waals surface area contributed by atoms with E-state index in [-0.39, 0.29) is 13.3 Å². The lowest BCUT2D eigenvalue weighted by Crippen LogP contribution is -2.49. The number of nitrogens with one attached hydrogen (secondary N) is 1. The highest BCUT2D eigenvalue weighted by atomic mass is 19.1. The van der Waals surface area contributed by atoms with Gasteiger partial charge in [0.1, 0.15) is 5.82 Å². The Kier molecular flexibility index (Phi) is 3.45. The van der Waals surface area contributed by atoms with Gasteiger partial charge in [0.2, 0.25) is 0 Å². The van der Waals surface area contributed by atoms with Crippen LogP contribution in [0.3, 0.4) is 0 Å². The van der Waals surface area contributed by atoms with E-state index in [1.165, 1.54) is 12.1 Å². The predicted molar refractivity (Wildman–Crippen MR) is 76.5 cm³/mol. The van der Waals surface area contributed by atoms with Crippen LogP contribution in [0.2, 0.25) is 0 Å². The van der Waals surface area contributed by atoms with Gasteiger partial charge in [-0.05, 0) is 56.7 Å². The van der Waals surface area contributed by atoms with Gasteiger partial charge < -0.3 is 14.7 Å². The molecule has 0 amide bonds. The normalized spacial score (nSPS) is 12.9. The van der Waals surface area contributed by atoms with Gasteiger partial charge in [0.25, 0.3) is 0 Å². The highest BCUT2D eigenvalue weighted by Crippen LogP contribution is 2.24. The zero-order valence-electron chi connectivity index (χ0n) is 11.7. The highest BCUT2D eigenvalue weighted by molar-refractivity contribution is 6.51. The first-order chi connectivity index (χ1) is 8.71. The molecule has 0 radical (unpaired) electrons. The fourth-order valence-electron chi connectivity index (χ4n) is 1.76. The Morgan fingerprint density at radius 1 is 1.26 bits per heavy atom. The molecule has 0 atom stereocenters. The molecule has 102 valence electrons. The molecule has 0 bridgehead atoms. The molecule has 19 heavy (non-hydrogen) atoms. The molecule has 5 heteroatoms. The number of aromatic amines is 1. The number of aliphatic hydroxyl groups is 1. The quantitative estimate of drug-likeness (QED) is 0.827. The third-order valence-electron chi connectivity index (χ3n) is 3.78. The Balaban J connectivity index is 2.25. The Morgan fingerprint density at radius 3 is 2.58 bits per heavy atom. The summed E-state index contributed by atoms with van der Waals surface area (Å²) in [6.45, 7) is 7.04. The predicted octanol–water partition coefficient (Wildman–Crippen LogP) is 1.85. The summed E-state index contributed by atoms with van der Waals surface area (Å²) in [7, 11) is 0.253. The van der Waals surface area contributed by atoms with Crippen LogP contribution in [0.15, 0.2) is 24.4 Å². The zero-order chi connectivity index (χ0) is 14.3. The minimum Gasteiger partial charge on any atom is -0.427 e. The first kappa shape index (κ1) is 14.1. The molecule has 0 aliphatic rings. The lowest BCUT2D eigenvalue weighted by Gasteiger charge is -2.37. The van der Waals surface area contributed by atoms with Crippen molar-refractivity contribution in [2.45, 2.75) is 38.9 Å². The molecular weight excluding hydrogens is 244 g/mol. The Bertz CT molecular complexity index is 587. The van der Waals surface area contributed by atoms with Gasteiger partial charge in [-0.1, -0.05) is 0 Å². The van der Waals surface area contributed by atoms with Crippen molar-refractivity contribution in [3.63, 3.8) is 0 Å². The van der Waals surface area contributed by atoms with Crippen molar-refractivity contribution in [3.8, 4) is 0 Å². The van der Waals surface area contributed by atoms with Crippen LogP contribution in [-0.4, -0.2) is 28.8 Å². The molecule has 1 aromatic carbocycles. The van der Waals surface area contributed by atoms with E-state index in [2.05, 4.69) is 4.98 Å². The molecule has 0 fully saturated rings. The molecule has 1 heterocycles. The summed E-state index contributed by atoms with van der Waals surface area (Å²) in [5, 5.41) is 11.0. The van der Waals surface area contributed by atoms with Gasteiger partial charge in [0.15, 0.2) is 0 Å². The fourth-order valence-corrected chi connectivity index (χ4v) is 1.76. The average Bonchev–Trinajstić information content (AvgIpc) is 2.72. The maximum Gasteiger partial charge on any atom is 0.310 e. The molecule has 0 unspecified atom stereocenters. The lowest BCUT2D eigenvalue weighted by atomic mass is 9.81. The van der Waals surface area contributed by atoms with Gasteiger partial charge in [0, 0.05) is 11.7 Å². The molecule has 0 aliphatic heterocycles. The van der Waals surface area contributed by atoms with E-state index in [0.29, 0.717) is 0 Å². The van der Waals surface area contributed by atoms with Crippen molar-refractivity contribution < 1.29 is 14.2 Å². The van der Waals surface area contributed by atoms with Crippen LogP contribution in [0.25, 0.3) is 10.9 Å². The van der Waals surface area contributed by atoms with Crippen molar-refractivity contribution in [2.75, 3.05) is 0 Å². The smallest absolute Gasteiger partial charge is 0.310 e. The second-order valence-electron chi connectivity index (χ2n) is 5.86. The van der Waals surface area contributed by atoms with Crippen molar-refractivity contribution in [1.82, 2.24) is 4.98 Å². The minimum atomic E-state index is -0.975. The standard InChI is InChI=1S/C14H19BFNO2/c1-13(2,18)14(3,4)19-15-11-7-9(16)8-12-10(11)5-6-17-12/h5-8,15,17-18H,1-4H3. The Morgan fingerprint density at radius 2 is 1.95 bits per heavy atom. The van der Waals surface area contributed by atoms with Gasteiger partial charge in [-0.2, -0.15) is 0 Å². The van der Waals surface area contributed by atoms with E-state index in [9.17, 15) is 9.50 Å². The SMILES string of the molecule is CC(C)(O)C(C)(C)OBc1cc(F)cc2[nH]ccc12. The van der Waals surface area contributed by atoms with E-state index < -0.39 is 11.2 Å². The van der Waals surface area contributed by atoms with Crippen LogP contribution in [0.4, 0.5) is 4.39 Å². The van der Waals surface area contributed by atoms with Crippen LogP contribution in [0.5, 0.6) is 0 Å². The monoisotopic (exact) mass is 263 g/mol. The first-order valence-corrected chi connectivity index (χ1v) is 6.32. The molecule has 0 aliphatic carbocycles. The summed E-state index contributed by atoms with van der Waals surface area (Å²) >= 11 is 0. The Hall–Kier alpha value is -1.33. The number of H-pyrrole nitrogens is 1. The molecule has 2 N–H and O–H groups in total. The van der Waals surface area contributed by atoms with Crippen molar-refractivity contribution in [3.05, 3.63) is 30.2 Å². The summed E-state index contributed by atoms with van der Waals surface area (Å²) in [6, 6.07) is 4.82. The van der Waals surface area contributed by atoms with Crippen LogP contribution in [0, 0.1) is 5.82 Å². The average molecular weight is 263 g/mol. The third kappa shape index (κ3) is 2.82. The third-order valence-corrected chi connectivity index (χ3v) is 3.78. The summed E-state index contributed by atoms with van der Waals surface area (Å²) in [5.74, 6) is -0.297. The van der Waals surface area contributed by atoms with Crippen LogP contribution < -0.4 is 5.46 Å². The summed E-state index contributed by atoms with van der Waals surface area (Å²) in [4.78, 5) is 2.98. The maximum atomic E-state index is 13.5. The van der Waals surface area contributed by atoms with E-state index in [4.69, 9.17) is 4.65 Å². The van der Waals surface area contributed by atoms with E-state index >= 15 is 0 Å². The lowest BCUT2D eigenvalue weighted by molar-refractivity contribution is -0.0893. The van der Waals surface area contributed by atoms with Gasteiger partial charge in [-0.15, -0.1) is 0 Å². The van der Waals surface area contributed by atoms with E-state index in [1.807, 2.05) is 19.9 Å². The number of fused-ring (bicyclic) bond motifs is 1. The molecule has 3 nitrogen and oxygen atoms in total. The van der Waals surface area contributed by atoms with Crippen LogP contribution in [0.1, 0.15) is 27.7 Å². The largest absolute Gasteiger partial charge is 0.427 e. The van der Waals surface area contributed by atoms with Gasteiger partial charge in [0.05, 0.1) is 11.2 Å². The van der Waals surface area contributed by atoms with Crippen molar-refractivity contribution >= 4 is 23.8 Å². The van der Waals surface area contributed by atoms with E-state index in [1.54, 1.807) is 20.0 Å². The number of halogens is 1. The maximum absolute atomic E-state index is 13.5. The van der Waals surface area contributed by atoms with E-state index in [0.717, 1.165) is 16.4 Å². The molecule has 2 aromatic rings. The number of hydrogen-bond donors (Lipinski definition) is 2. The van der Waals surface area contributed by atoms with Crippen molar-refractivity contribution in [2.24, 2.45) is 0 Å². The molecule has 0 saturated carbocycles. The van der Waals surface area contributed by atoms with Crippen LogP contribution in [-0.2, 0) is 4.65 Å². The summed E-state index contributed by atoms with van der Waals surface area (Å²) < 4.78 is 19.3. The van der Waals surface area contributed by atoms with Gasteiger partial charge in [-0.3, -0.25) is 0 Å². The topological polar surface area (TPSA) is 45.2 Å².